The minimum atomic E-state index is -4.63. The van der Waals surface area contributed by atoms with Crippen LogP contribution in [0.3, 0.4) is 0 Å². The molecule has 0 spiro atoms. The molecule has 3 aromatic rings. The molecule has 0 bridgehead atoms. The summed E-state index contributed by atoms with van der Waals surface area (Å²) in [5, 5.41) is 4.22. The monoisotopic (exact) mass is 341 g/mol. The second-order valence-electron chi connectivity index (χ2n) is 4.84. The third-order valence-electron chi connectivity index (χ3n) is 3.23. The number of fused-ring (bicyclic) bond motifs is 1. The van der Waals surface area contributed by atoms with Gasteiger partial charge in [0.15, 0.2) is 0 Å². The molecule has 0 fully saturated rings. The number of nitrogens with two attached hydrogens (primary N) is 2. The average molecular weight is 341 g/mol. The van der Waals surface area contributed by atoms with Crippen molar-refractivity contribution >= 4 is 33.1 Å². The van der Waals surface area contributed by atoms with Crippen molar-refractivity contribution in [3.63, 3.8) is 0 Å². The molecule has 0 aliphatic heterocycles. The van der Waals surface area contributed by atoms with Crippen molar-refractivity contribution in [2.45, 2.75) is 6.18 Å². The van der Waals surface area contributed by atoms with Gasteiger partial charge >= 0.3 is 6.18 Å². The first-order valence-electron chi connectivity index (χ1n) is 6.27. The zero-order valence-electron chi connectivity index (χ0n) is 11.7. The van der Waals surface area contributed by atoms with E-state index in [0.29, 0.717) is 5.56 Å². The third kappa shape index (κ3) is 2.50. The number of nitrogens with zero attached hydrogens (tertiary/aromatic N) is 3. The predicted octanol–water partition coefficient (Wildman–Crippen LogP) is 2.40. The van der Waals surface area contributed by atoms with Crippen LogP contribution < -0.4 is 11.5 Å². The largest absolute Gasteiger partial charge is 0.433 e. The summed E-state index contributed by atoms with van der Waals surface area (Å²) in [6.45, 7) is 0. The fourth-order valence-electron chi connectivity index (χ4n) is 2.24. The minimum Gasteiger partial charge on any atom is -0.397 e. The summed E-state index contributed by atoms with van der Waals surface area (Å²) in [5.41, 5.74) is 10.7. The molecule has 0 saturated heterocycles. The van der Waals surface area contributed by atoms with Gasteiger partial charge in [-0.25, -0.2) is 4.98 Å². The van der Waals surface area contributed by atoms with Gasteiger partial charge in [0, 0.05) is 24.2 Å². The number of pyridine rings is 1. The Morgan fingerprint density at radius 3 is 2.61 bits per heavy atom. The van der Waals surface area contributed by atoms with Crippen LogP contribution in [0.25, 0.3) is 21.3 Å². The Hall–Kier alpha value is -2.62. The number of anilines is 1. The van der Waals surface area contributed by atoms with Crippen LogP contribution in [0.1, 0.15) is 15.4 Å². The summed E-state index contributed by atoms with van der Waals surface area (Å²) in [5.74, 6) is -0.809. The molecule has 23 heavy (non-hydrogen) atoms. The molecule has 0 unspecified atom stereocenters. The molecule has 0 aliphatic carbocycles. The van der Waals surface area contributed by atoms with Crippen LogP contribution in [0.15, 0.2) is 18.5 Å². The Kier molecular flexibility index (Phi) is 3.29. The maximum Gasteiger partial charge on any atom is 0.433 e. The number of hydrogen-bond acceptors (Lipinski definition) is 5. The van der Waals surface area contributed by atoms with Gasteiger partial charge < -0.3 is 11.5 Å². The molecular formula is C13H10F3N5OS. The second kappa shape index (κ2) is 4.95. The first-order chi connectivity index (χ1) is 10.7. The molecule has 120 valence electrons. The van der Waals surface area contributed by atoms with Gasteiger partial charge in [-0.3, -0.25) is 9.48 Å². The fraction of sp³-hybridized carbons (Fsp3) is 0.154. The highest BCUT2D eigenvalue weighted by Gasteiger charge is 2.34. The highest BCUT2D eigenvalue weighted by molar-refractivity contribution is 7.21. The lowest BCUT2D eigenvalue weighted by molar-refractivity contribution is -0.140. The maximum atomic E-state index is 13.1. The number of halogens is 3. The molecule has 0 atom stereocenters. The van der Waals surface area contributed by atoms with E-state index in [1.54, 1.807) is 13.2 Å². The van der Waals surface area contributed by atoms with E-state index in [1.807, 2.05) is 0 Å². The zero-order chi connectivity index (χ0) is 16.9. The summed E-state index contributed by atoms with van der Waals surface area (Å²) >= 11 is 0.740. The number of carbonyl (C=O) groups excluding carboxylic acids is 1. The molecule has 0 radical (unpaired) electrons. The van der Waals surface area contributed by atoms with E-state index in [1.165, 1.54) is 10.9 Å². The van der Waals surface area contributed by atoms with Crippen molar-refractivity contribution in [2.24, 2.45) is 12.8 Å². The number of hydrogen-bond donors (Lipinski definition) is 2. The maximum absolute atomic E-state index is 13.1. The molecular weight excluding hydrogens is 331 g/mol. The Balaban J connectivity index is 2.41. The fourth-order valence-corrected chi connectivity index (χ4v) is 3.21. The lowest BCUT2D eigenvalue weighted by Crippen LogP contribution is -2.10. The van der Waals surface area contributed by atoms with Crippen LogP contribution in [0.2, 0.25) is 0 Å². The number of thiophene rings is 1. The molecule has 0 saturated carbocycles. The van der Waals surface area contributed by atoms with E-state index in [9.17, 15) is 18.0 Å². The SMILES string of the molecule is Cn1cc(-c2cc(C(F)(F)F)nc3sc(C(N)=O)c(N)c23)cn1. The lowest BCUT2D eigenvalue weighted by Gasteiger charge is -2.09. The number of nitrogen functional groups attached to an aromatic ring is 1. The summed E-state index contributed by atoms with van der Waals surface area (Å²) in [6.07, 6.45) is -1.66. The van der Waals surface area contributed by atoms with Crippen molar-refractivity contribution in [3.05, 3.63) is 29.0 Å². The van der Waals surface area contributed by atoms with E-state index >= 15 is 0 Å². The molecule has 10 heteroatoms. The number of aryl methyl sites for hydroxylation is 1. The molecule has 3 aromatic heterocycles. The van der Waals surface area contributed by atoms with Gasteiger partial charge in [0.2, 0.25) is 0 Å². The highest BCUT2D eigenvalue weighted by atomic mass is 32.1. The van der Waals surface area contributed by atoms with Gasteiger partial charge in [0.25, 0.3) is 5.91 Å². The van der Waals surface area contributed by atoms with Crippen LogP contribution in [0.4, 0.5) is 18.9 Å². The Labute approximate surface area is 131 Å². The van der Waals surface area contributed by atoms with Crippen molar-refractivity contribution in [2.75, 3.05) is 5.73 Å². The zero-order valence-corrected chi connectivity index (χ0v) is 12.5. The van der Waals surface area contributed by atoms with E-state index < -0.39 is 17.8 Å². The number of amides is 1. The average Bonchev–Trinajstić information content (AvgIpc) is 3.01. The Morgan fingerprint density at radius 1 is 1.39 bits per heavy atom. The standard InChI is InChI=1S/C13H10F3N5OS/c1-21-4-5(3-19-21)6-2-7(13(14,15)16)20-12-8(6)9(17)10(23-12)11(18)22/h2-4H,17H2,1H3,(H2,18,22). The van der Waals surface area contributed by atoms with Crippen LogP contribution >= 0.6 is 11.3 Å². The van der Waals surface area contributed by atoms with E-state index in [-0.39, 0.29) is 26.3 Å². The van der Waals surface area contributed by atoms with Gasteiger partial charge in [-0.1, -0.05) is 0 Å². The number of aromatic nitrogens is 3. The van der Waals surface area contributed by atoms with Gasteiger partial charge in [-0.2, -0.15) is 18.3 Å². The van der Waals surface area contributed by atoms with Crippen LogP contribution in [0.5, 0.6) is 0 Å². The Morgan fingerprint density at radius 2 is 2.09 bits per heavy atom. The van der Waals surface area contributed by atoms with Crippen molar-refractivity contribution < 1.29 is 18.0 Å². The van der Waals surface area contributed by atoms with Crippen molar-refractivity contribution in [1.29, 1.82) is 0 Å². The summed E-state index contributed by atoms with van der Waals surface area (Å²) in [6, 6.07) is 0.896. The first-order valence-corrected chi connectivity index (χ1v) is 7.09. The molecule has 3 rings (SSSR count). The van der Waals surface area contributed by atoms with Gasteiger partial charge in [0.1, 0.15) is 15.4 Å². The summed E-state index contributed by atoms with van der Waals surface area (Å²) < 4.78 is 40.7. The van der Waals surface area contributed by atoms with Crippen molar-refractivity contribution in [1.82, 2.24) is 14.8 Å². The molecule has 4 N–H and O–H groups in total. The minimum absolute atomic E-state index is 0.00461. The number of rotatable bonds is 2. The smallest absolute Gasteiger partial charge is 0.397 e. The lowest BCUT2D eigenvalue weighted by atomic mass is 10.0. The molecule has 0 aliphatic rings. The van der Waals surface area contributed by atoms with Gasteiger partial charge in [-0.15, -0.1) is 11.3 Å². The summed E-state index contributed by atoms with van der Waals surface area (Å²) in [4.78, 5) is 15.0. The van der Waals surface area contributed by atoms with Gasteiger partial charge in [-0.05, 0) is 11.6 Å². The predicted molar refractivity (Wildman–Crippen MR) is 79.8 cm³/mol. The topological polar surface area (TPSA) is 99.8 Å². The third-order valence-corrected chi connectivity index (χ3v) is 4.34. The molecule has 3 heterocycles. The molecule has 0 aromatic carbocycles. The second-order valence-corrected chi connectivity index (χ2v) is 5.84. The van der Waals surface area contributed by atoms with Gasteiger partial charge in [0.05, 0.1) is 11.9 Å². The number of alkyl halides is 3. The Bertz CT molecular complexity index is 928. The van der Waals surface area contributed by atoms with E-state index in [4.69, 9.17) is 11.5 Å². The van der Waals surface area contributed by atoms with Crippen LogP contribution in [0, 0.1) is 0 Å². The quantitative estimate of drug-likeness (QED) is 0.747. The normalized spacial score (nSPS) is 12.0. The van der Waals surface area contributed by atoms with Crippen LogP contribution in [-0.2, 0) is 13.2 Å². The van der Waals surface area contributed by atoms with E-state index in [2.05, 4.69) is 10.1 Å². The molecule has 1 amide bonds. The van der Waals surface area contributed by atoms with E-state index in [0.717, 1.165) is 17.4 Å². The number of carbonyl (C=O) groups is 1. The summed E-state index contributed by atoms with van der Waals surface area (Å²) in [7, 11) is 1.64. The molecule has 6 nitrogen and oxygen atoms in total. The highest BCUT2D eigenvalue weighted by Crippen LogP contribution is 2.42. The van der Waals surface area contributed by atoms with Crippen LogP contribution in [-0.4, -0.2) is 20.7 Å². The van der Waals surface area contributed by atoms with Crippen molar-refractivity contribution in [3.8, 4) is 11.1 Å². The first kappa shape index (κ1) is 15.3. The number of primary amides is 1.